The fourth-order valence-electron chi connectivity index (χ4n) is 1.38. The Morgan fingerprint density at radius 3 is 2.24 bits per heavy atom. The Hall–Kier alpha value is -0.910. The van der Waals surface area contributed by atoms with E-state index in [1.54, 1.807) is 37.4 Å². The molecule has 0 amide bonds. The van der Waals surface area contributed by atoms with E-state index >= 15 is 0 Å². The zero-order valence-electron chi connectivity index (χ0n) is 10.5. The van der Waals surface area contributed by atoms with E-state index in [0.717, 1.165) is 0 Å². The average Bonchev–Trinajstić information content (AvgIpc) is 2.29. The molecule has 0 saturated heterocycles. The number of rotatable bonds is 5. The van der Waals surface area contributed by atoms with Gasteiger partial charge in [0.25, 0.3) is 0 Å². The summed E-state index contributed by atoms with van der Waals surface area (Å²) in [5.74, 6) is 0.253. The maximum absolute atomic E-state index is 12.2. The maximum atomic E-state index is 12.2. The maximum Gasteiger partial charge on any atom is 0.242 e. The minimum atomic E-state index is -3.41. The summed E-state index contributed by atoms with van der Waals surface area (Å²) in [6, 6.07) is 8.24. The van der Waals surface area contributed by atoms with Crippen LogP contribution in [0.3, 0.4) is 0 Å². The smallest absolute Gasteiger partial charge is 0.242 e. The summed E-state index contributed by atoms with van der Waals surface area (Å²) in [5.41, 5.74) is 5.89. The largest absolute Gasteiger partial charge is 0.326 e. The highest BCUT2D eigenvalue weighted by molar-refractivity contribution is 7.89. The molecule has 0 bridgehead atoms. The molecule has 0 unspecified atom stereocenters. The molecule has 0 aliphatic rings. The molecule has 96 valence electrons. The average molecular weight is 256 g/mol. The van der Waals surface area contributed by atoms with Crippen molar-refractivity contribution in [1.82, 2.24) is 4.31 Å². The summed E-state index contributed by atoms with van der Waals surface area (Å²) in [7, 11) is -1.85. The molecule has 0 heterocycles. The second kappa shape index (κ2) is 5.62. The summed E-state index contributed by atoms with van der Waals surface area (Å²) in [6.07, 6.45) is 0. The van der Waals surface area contributed by atoms with Crippen molar-refractivity contribution < 1.29 is 8.42 Å². The van der Waals surface area contributed by atoms with Crippen LogP contribution in [0.25, 0.3) is 0 Å². The molecule has 0 aliphatic carbocycles. The van der Waals surface area contributed by atoms with Gasteiger partial charge in [-0.25, -0.2) is 8.42 Å². The number of hydrogen-bond acceptors (Lipinski definition) is 3. The van der Waals surface area contributed by atoms with Gasteiger partial charge < -0.3 is 5.73 Å². The van der Waals surface area contributed by atoms with E-state index in [1.807, 2.05) is 13.8 Å². The van der Waals surface area contributed by atoms with Gasteiger partial charge in [-0.05, 0) is 18.1 Å². The molecule has 4 nitrogen and oxygen atoms in total. The van der Waals surface area contributed by atoms with E-state index in [9.17, 15) is 8.42 Å². The fourth-order valence-corrected chi connectivity index (χ4v) is 2.61. The van der Waals surface area contributed by atoms with Crippen molar-refractivity contribution in [2.45, 2.75) is 24.8 Å². The van der Waals surface area contributed by atoms with Crippen LogP contribution in [0.1, 0.15) is 13.8 Å². The van der Waals surface area contributed by atoms with Gasteiger partial charge in [0.1, 0.15) is 0 Å². The molecule has 1 atom stereocenters. The lowest BCUT2D eigenvalue weighted by Crippen LogP contribution is -2.41. The Labute approximate surface area is 103 Å². The van der Waals surface area contributed by atoms with E-state index in [2.05, 4.69) is 0 Å². The molecule has 5 heteroatoms. The van der Waals surface area contributed by atoms with Gasteiger partial charge in [-0.1, -0.05) is 32.0 Å². The highest BCUT2D eigenvalue weighted by Crippen LogP contribution is 2.14. The van der Waals surface area contributed by atoms with Crippen LogP contribution in [0.15, 0.2) is 35.2 Å². The van der Waals surface area contributed by atoms with E-state index in [-0.39, 0.29) is 12.0 Å². The third kappa shape index (κ3) is 3.52. The van der Waals surface area contributed by atoms with Gasteiger partial charge in [0.05, 0.1) is 4.90 Å². The van der Waals surface area contributed by atoms with Crippen molar-refractivity contribution in [3.63, 3.8) is 0 Å². The van der Waals surface area contributed by atoms with Gasteiger partial charge in [0.2, 0.25) is 10.0 Å². The van der Waals surface area contributed by atoms with Gasteiger partial charge in [-0.15, -0.1) is 0 Å². The number of sulfonamides is 1. The number of nitrogens with zero attached hydrogens (tertiary/aromatic N) is 1. The molecule has 0 radical (unpaired) electrons. The predicted molar refractivity (Wildman–Crippen MR) is 69.1 cm³/mol. The third-order valence-corrected chi connectivity index (χ3v) is 4.61. The highest BCUT2D eigenvalue weighted by Gasteiger charge is 2.23. The monoisotopic (exact) mass is 256 g/mol. The predicted octanol–water partition coefficient (Wildman–Crippen LogP) is 1.29. The fraction of sp³-hybridized carbons (Fsp3) is 0.500. The highest BCUT2D eigenvalue weighted by atomic mass is 32.2. The molecule has 17 heavy (non-hydrogen) atoms. The van der Waals surface area contributed by atoms with Crippen molar-refractivity contribution in [3.05, 3.63) is 30.3 Å². The summed E-state index contributed by atoms with van der Waals surface area (Å²) < 4.78 is 25.6. The van der Waals surface area contributed by atoms with Crippen LogP contribution >= 0.6 is 0 Å². The molecule has 0 spiro atoms. The van der Waals surface area contributed by atoms with Crippen LogP contribution in [-0.4, -0.2) is 32.4 Å². The minimum Gasteiger partial charge on any atom is -0.326 e. The molecule has 1 aromatic carbocycles. The van der Waals surface area contributed by atoms with Crippen molar-refractivity contribution in [2.75, 3.05) is 13.6 Å². The van der Waals surface area contributed by atoms with Crippen molar-refractivity contribution >= 4 is 10.0 Å². The van der Waals surface area contributed by atoms with E-state index in [4.69, 9.17) is 5.73 Å². The van der Waals surface area contributed by atoms with Crippen LogP contribution in [0, 0.1) is 5.92 Å². The first kappa shape index (κ1) is 14.2. The molecule has 1 aromatic rings. The third-order valence-electron chi connectivity index (χ3n) is 2.78. The van der Waals surface area contributed by atoms with Crippen LogP contribution in [0.4, 0.5) is 0 Å². The zero-order valence-corrected chi connectivity index (χ0v) is 11.3. The normalized spacial score (nSPS) is 14.2. The molecule has 0 aliphatic heterocycles. The lowest BCUT2D eigenvalue weighted by atomic mass is 10.1. The van der Waals surface area contributed by atoms with Gasteiger partial charge in [-0.3, -0.25) is 0 Å². The Morgan fingerprint density at radius 1 is 1.24 bits per heavy atom. The lowest BCUT2D eigenvalue weighted by molar-refractivity contribution is 0.382. The van der Waals surface area contributed by atoms with Gasteiger partial charge in [0.15, 0.2) is 0 Å². The van der Waals surface area contributed by atoms with Crippen molar-refractivity contribution in [2.24, 2.45) is 11.7 Å². The first-order valence-corrected chi connectivity index (χ1v) is 7.06. The Morgan fingerprint density at radius 2 is 1.76 bits per heavy atom. The molecule has 0 fully saturated rings. The number of likely N-dealkylation sites (N-methyl/N-ethyl adjacent to an activating group) is 1. The van der Waals surface area contributed by atoms with Gasteiger partial charge in [-0.2, -0.15) is 4.31 Å². The molecule has 1 rings (SSSR count). The molecular weight excluding hydrogens is 236 g/mol. The lowest BCUT2D eigenvalue weighted by Gasteiger charge is -2.23. The minimum absolute atomic E-state index is 0.154. The zero-order chi connectivity index (χ0) is 13.1. The molecule has 0 saturated carbocycles. The number of hydrogen-bond donors (Lipinski definition) is 1. The van der Waals surface area contributed by atoms with E-state index in [1.165, 1.54) is 4.31 Å². The van der Waals surface area contributed by atoms with Crippen LogP contribution in [0.5, 0.6) is 0 Å². The Kier molecular flexibility index (Phi) is 4.68. The van der Waals surface area contributed by atoms with Gasteiger partial charge >= 0.3 is 0 Å². The molecular formula is C12H20N2O2S. The van der Waals surface area contributed by atoms with Crippen molar-refractivity contribution in [3.8, 4) is 0 Å². The molecule has 2 N–H and O–H groups in total. The Bertz CT molecular complexity index is 443. The second-order valence-electron chi connectivity index (χ2n) is 4.51. The number of benzene rings is 1. The number of nitrogens with two attached hydrogens (primary N) is 1. The topological polar surface area (TPSA) is 63.4 Å². The summed E-state index contributed by atoms with van der Waals surface area (Å²) in [4.78, 5) is 0.304. The van der Waals surface area contributed by atoms with Crippen molar-refractivity contribution in [1.29, 1.82) is 0 Å². The Balaban J connectivity index is 2.85. The SMILES string of the molecule is CC(C)[C@H](N)CN(C)S(=O)(=O)c1ccccc1. The summed E-state index contributed by atoms with van der Waals surface area (Å²) in [5, 5.41) is 0. The van der Waals surface area contributed by atoms with Crippen LogP contribution < -0.4 is 5.73 Å². The quantitative estimate of drug-likeness (QED) is 0.863. The van der Waals surface area contributed by atoms with Gasteiger partial charge in [0, 0.05) is 19.6 Å². The standard InChI is InChI=1S/C12H20N2O2S/c1-10(2)12(13)9-14(3)17(15,16)11-7-5-4-6-8-11/h4-8,10,12H,9,13H2,1-3H3/t12-/m1/s1. The van der Waals surface area contributed by atoms with E-state index < -0.39 is 10.0 Å². The first-order chi connectivity index (χ1) is 7.85. The summed E-state index contributed by atoms with van der Waals surface area (Å²) >= 11 is 0. The van der Waals surface area contributed by atoms with Crippen LogP contribution in [-0.2, 0) is 10.0 Å². The van der Waals surface area contributed by atoms with E-state index in [0.29, 0.717) is 11.4 Å². The second-order valence-corrected chi connectivity index (χ2v) is 6.55. The summed E-state index contributed by atoms with van der Waals surface area (Å²) in [6.45, 7) is 4.29. The molecule has 0 aromatic heterocycles. The van der Waals surface area contributed by atoms with Crippen LogP contribution in [0.2, 0.25) is 0 Å². The first-order valence-electron chi connectivity index (χ1n) is 5.62.